The highest BCUT2D eigenvalue weighted by Gasteiger charge is 2.16. The number of rotatable bonds is 4. The van der Waals surface area contributed by atoms with E-state index in [0.29, 0.717) is 5.56 Å². The molecule has 0 amide bonds. The van der Waals surface area contributed by atoms with Crippen molar-refractivity contribution in [1.82, 2.24) is 0 Å². The van der Waals surface area contributed by atoms with Gasteiger partial charge < -0.3 is 5.11 Å². The van der Waals surface area contributed by atoms with Crippen LogP contribution in [-0.2, 0) is 9.84 Å². The Hall–Kier alpha value is -0.940. The SMILES string of the molecule is CC(CF)[C@H](O)c1ccc(S(C)(=O)=O)cc1. The Bertz CT molecular complexity index is 439. The van der Waals surface area contributed by atoms with Crippen LogP contribution in [0.3, 0.4) is 0 Å². The molecule has 0 heterocycles. The lowest BCUT2D eigenvalue weighted by Crippen LogP contribution is -2.11. The zero-order chi connectivity index (χ0) is 12.3. The summed E-state index contributed by atoms with van der Waals surface area (Å²) < 4.78 is 34.7. The monoisotopic (exact) mass is 246 g/mol. The molecule has 1 aromatic rings. The van der Waals surface area contributed by atoms with Crippen LogP contribution in [0.1, 0.15) is 18.6 Å². The van der Waals surface area contributed by atoms with Crippen molar-refractivity contribution in [2.24, 2.45) is 5.92 Å². The van der Waals surface area contributed by atoms with E-state index in [-0.39, 0.29) is 4.90 Å². The first-order valence-corrected chi connectivity index (χ1v) is 6.79. The number of benzene rings is 1. The molecule has 1 rings (SSSR count). The summed E-state index contributed by atoms with van der Waals surface area (Å²) in [4.78, 5) is 0.191. The Morgan fingerprint density at radius 2 is 1.81 bits per heavy atom. The predicted octanol–water partition coefficient (Wildman–Crippen LogP) is 1.73. The van der Waals surface area contributed by atoms with Crippen molar-refractivity contribution in [3.63, 3.8) is 0 Å². The lowest BCUT2D eigenvalue weighted by atomic mass is 9.99. The number of aliphatic hydroxyl groups is 1. The van der Waals surface area contributed by atoms with Crippen molar-refractivity contribution in [3.8, 4) is 0 Å². The molecule has 0 saturated carbocycles. The Morgan fingerprint density at radius 3 is 2.19 bits per heavy atom. The summed E-state index contributed by atoms with van der Waals surface area (Å²) in [7, 11) is -3.23. The normalized spacial score (nSPS) is 15.8. The first kappa shape index (κ1) is 13.1. The summed E-state index contributed by atoms with van der Waals surface area (Å²) in [6.45, 7) is 0.976. The van der Waals surface area contributed by atoms with Crippen molar-refractivity contribution in [3.05, 3.63) is 29.8 Å². The van der Waals surface area contributed by atoms with Crippen LogP contribution in [0.5, 0.6) is 0 Å². The number of hydrogen-bond donors (Lipinski definition) is 1. The second kappa shape index (κ2) is 4.93. The Kier molecular flexibility index (Phi) is 4.04. The van der Waals surface area contributed by atoms with Gasteiger partial charge in [0.25, 0.3) is 0 Å². The second-order valence-corrected chi connectivity index (χ2v) is 5.93. The summed E-state index contributed by atoms with van der Waals surface area (Å²) in [6.07, 6.45) is 0.210. The second-order valence-electron chi connectivity index (χ2n) is 3.92. The van der Waals surface area contributed by atoms with E-state index in [1.807, 2.05) is 0 Å². The fraction of sp³-hybridized carbons (Fsp3) is 0.455. The molecule has 0 aliphatic heterocycles. The number of alkyl halides is 1. The lowest BCUT2D eigenvalue weighted by molar-refractivity contribution is 0.101. The van der Waals surface area contributed by atoms with Gasteiger partial charge in [0.2, 0.25) is 0 Å². The molecular formula is C11H15FO3S. The molecule has 1 N–H and O–H groups in total. The van der Waals surface area contributed by atoms with Gasteiger partial charge in [0.1, 0.15) is 0 Å². The average molecular weight is 246 g/mol. The van der Waals surface area contributed by atoms with Gasteiger partial charge in [0.15, 0.2) is 9.84 Å². The first-order chi connectivity index (χ1) is 7.36. The highest BCUT2D eigenvalue weighted by molar-refractivity contribution is 7.90. The zero-order valence-corrected chi connectivity index (χ0v) is 10.0. The van der Waals surface area contributed by atoms with Gasteiger partial charge in [-0.25, -0.2) is 8.42 Å². The van der Waals surface area contributed by atoms with Crippen molar-refractivity contribution in [2.75, 3.05) is 12.9 Å². The maximum Gasteiger partial charge on any atom is 0.175 e. The molecule has 16 heavy (non-hydrogen) atoms. The molecule has 0 aliphatic rings. The minimum Gasteiger partial charge on any atom is -0.388 e. The first-order valence-electron chi connectivity index (χ1n) is 4.90. The van der Waals surface area contributed by atoms with Gasteiger partial charge in [-0.15, -0.1) is 0 Å². The molecule has 5 heteroatoms. The quantitative estimate of drug-likeness (QED) is 0.880. The Labute approximate surface area is 94.8 Å². The minimum atomic E-state index is -3.23. The standard InChI is InChI=1S/C11H15FO3S/c1-8(7-12)11(13)9-3-5-10(6-4-9)16(2,14)15/h3-6,8,11,13H,7H2,1-2H3/t8?,11-/m0/s1. The van der Waals surface area contributed by atoms with Crippen molar-refractivity contribution in [2.45, 2.75) is 17.9 Å². The molecule has 2 atom stereocenters. The molecule has 1 unspecified atom stereocenters. The Morgan fingerprint density at radius 1 is 1.31 bits per heavy atom. The number of aliphatic hydroxyl groups excluding tert-OH is 1. The van der Waals surface area contributed by atoms with E-state index in [2.05, 4.69) is 0 Å². The van der Waals surface area contributed by atoms with Gasteiger partial charge in [-0.1, -0.05) is 19.1 Å². The summed E-state index contributed by atoms with van der Waals surface area (Å²) in [6, 6.07) is 5.85. The van der Waals surface area contributed by atoms with Crippen molar-refractivity contribution in [1.29, 1.82) is 0 Å². The summed E-state index contributed by atoms with van der Waals surface area (Å²) >= 11 is 0. The number of sulfone groups is 1. The van der Waals surface area contributed by atoms with Crippen LogP contribution in [0.4, 0.5) is 4.39 Å². The fourth-order valence-electron chi connectivity index (χ4n) is 1.33. The molecule has 0 aliphatic carbocycles. The highest BCUT2D eigenvalue weighted by atomic mass is 32.2. The molecule has 0 saturated heterocycles. The van der Waals surface area contributed by atoms with Crippen LogP contribution in [0, 0.1) is 5.92 Å². The van der Waals surface area contributed by atoms with Gasteiger partial charge in [0, 0.05) is 12.2 Å². The molecule has 0 fully saturated rings. The number of halogens is 1. The lowest BCUT2D eigenvalue weighted by Gasteiger charge is -2.16. The Balaban J connectivity index is 2.96. The average Bonchev–Trinajstić information content (AvgIpc) is 2.26. The third-order valence-corrected chi connectivity index (χ3v) is 3.56. The van der Waals surface area contributed by atoms with Gasteiger partial charge >= 0.3 is 0 Å². The number of hydrogen-bond acceptors (Lipinski definition) is 3. The summed E-state index contributed by atoms with van der Waals surface area (Å²) in [5, 5.41) is 9.69. The third kappa shape index (κ3) is 3.02. The third-order valence-electron chi connectivity index (χ3n) is 2.43. The largest absolute Gasteiger partial charge is 0.388 e. The van der Waals surface area contributed by atoms with E-state index in [9.17, 15) is 17.9 Å². The molecule has 3 nitrogen and oxygen atoms in total. The summed E-state index contributed by atoms with van der Waals surface area (Å²) in [5.74, 6) is -0.496. The van der Waals surface area contributed by atoms with Gasteiger partial charge in [-0.2, -0.15) is 0 Å². The summed E-state index contributed by atoms with van der Waals surface area (Å²) in [5.41, 5.74) is 0.526. The maximum absolute atomic E-state index is 12.3. The molecule has 0 spiro atoms. The fourth-order valence-corrected chi connectivity index (χ4v) is 1.96. The highest BCUT2D eigenvalue weighted by Crippen LogP contribution is 2.23. The van der Waals surface area contributed by atoms with E-state index in [1.54, 1.807) is 6.92 Å². The van der Waals surface area contributed by atoms with Crippen molar-refractivity contribution < 1.29 is 17.9 Å². The van der Waals surface area contributed by atoms with Gasteiger partial charge in [-0.05, 0) is 17.7 Å². The van der Waals surface area contributed by atoms with Crippen LogP contribution in [0.25, 0.3) is 0 Å². The van der Waals surface area contributed by atoms with E-state index in [0.717, 1.165) is 6.26 Å². The smallest absolute Gasteiger partial charge is 0.175 e. The zero-order valence-electron chi connectivity index (χ0n) is 9.22. The molecule has 0 aromatic heterocycles. The molecule has 1 aromatic carbocycles. The minimum absolute atomic E-state index is 0.191. The van der Waals surface area contributed by atoms with Crippen LogP contribution in [-0.4, -0.2) is 26.5 Å². The van der Waals surface area contributed by atoms with E-state index in [4.69, 9.17) is 0 Å². The molecule has 0 bridgehead atoms. The van der Waals surface area contributed by atoms with E-state index >= 15 is 0 Å². The van der Waals surface area contributed by atoms with Gasteiger partial charge in [-0.3, -0.25) is 4.39 Å². The van der Waals surface area contributed by atoms with E-state index in [1.165, 1.54) is 24.3 Å². The molecule has 90 valence electrons. The predicted molar refractivity (Wildman–Crippen MR) is 59.7 cm³/mol. The van der Waals surface area contributed by atoms with E-state index < -0.39 is 28.5 Å². The van der Waals surface area contributed by atoms with Crippen LogP contribution < -0.4 is 0 Å². The maximum atomic E-state index is 12.3. The topological polar surface area (TPSA) is 54.4 Å². The van der Waals surface area contributed by atoms with Crippen LogP contribution in [0.15, 0.2) is 29.2 Å². The molecular weight excluding hydrogens is 231 g/mol. The van der Waals surface area contributed by atoms with Gasteiger partial charge in [0.05, 0.1) is 17.7 Å². The molecule has 0 radical (unpaired) electrons. The van der Waals surface area contributed by atoms with Crippen LogP contribution >= 0.6 is 0 Å². The van der Waals surface area contributed by atoms with Crippen LogP contribution in [0.2, 0.25) is 0 Å². The van der Waals surface area contributed by atoms with Crippen molar-refractivity contribution >= 4 is 9.84 Å².